The van der Waals surface area contributed by atoms with E-state index in [1.165, 1.54) is 0 Å². The van der Waals surface area contributed by atoms with Crippen LogP contribution in [0, 0.1) is 0 Å². The van der Waals surface area contributed by atoms with Gasteiger partial charge in [-0.3, -0.25) is 14.5 Å². The standard InChI is InChI=1S/C19H21N3O3/c1-12(14-10-6-8-13-7-4-5-9-15(13)14)20-16(23)11-22-17(24)19(2,3)21-18(22)25/h4-10,12H,11H2,1-3H3,(H,20,23)(H,21,25)/t12-/m0/s1. The Morgan fingerprint density at radius 1 is 1.16 bits per heavy atom. The molecule has 2 N–H and O–H groups in total. The third-order valence-corrected chi connectivity index (χ3v) is 4.41. The summed E-state index contributed by atoms with van der Waals surface area (Å²) < 4.78 is 0. The summed E-state index contributed by atoms with van der Waals surface area (Å²) in [5, 5.41) is 7.59. The van der Waals surface area contributed by atoms with Crippen molar-refractivity contribution in [2.75, 3.05) is 6.54 Å². The van der Waals surface area contributed by atoms with Gasteiger partial charge < -0.3 is 10.6 Å². The van der Waals surface area contributed by atoms with Gasteiger partial charge in [0.1, 0.15) is 12.1 Å². The second-order valence-electron chi connectivity index (χ2n) is 6.80. The van der Waals surface area contributed by atoms with Crippen molar-refractivity contribution in [1.29, 1.82) is 0 Å². The monoisotopic (exact) mass is 339 g/mol. The minimum atomic E-state index is -0.974. The van der Waals surface area contributed by atoms with E-state index < -0.39 is 17.5 Å². The number of hydrogen-bond acceptors (Lipinski definition) is 3. The smallest absolute Gasteiger partial charge is 0.325 e. The maximum absolute atomic E-state index is 12.3. The minimum absolute atomic E-state index is 0.243. The quantitative estimate of drug-likeness (QED) is 0.839. The van der Waals surface area contributed by atoms with Crippen molar-refractivity contribution >= 4 is 28.6 Å². The largest absolute Gasteiger partial charge is 0.348 e. The topological polar surface area (TPSA) is 78.5 Å². The first-order valence-corrected chi connectivity index (χ1v) is 8.21. The van der Waals surface area contributed by atoms with Crippen LogP contribution in [-0.2, 0) is 9.59 Å². The molecule has 1 heterocycles. The highest BCUT2D eigenvalue weighted by molar-refractivity contribution is 6.08. The fourth-order valence-corrected chi connectivity index (χ4v) is 3.10. The number of benzene rings is 2. The Hall–Kier alpha value is -2.89. The fraction of sp³-hybridized carbons (Fsp3) is 0.316. The third-order valence-electron chi connectivity index (χ3n) is 4.41. The Morgan fingerprint density at radius 2 is 1.84 bits per heavy atom. The van der Waals surface area contributed by atoms with E-state index >= 15 is 0 Å². The Morgan fingerprint density at radius 3 is 2.52 bits per heavy atom. The third kappa shape index (κ3) is 3.20. The summed E-state index contributed by atoms with van der Waals surface area (Å²) >= 11 is 0. The van der Waals surface area contributed by atoms with Crippen LogP contribution in [0.3, 0.4) is 0 Å². The Labute approximate surface area is 146 Å². The molecule has 0 aliphatic carbocycles. The lowest BCUT2D eigenvalue weighted by Crippen LogP contribution is -2.43. The summed E-state index contributed by atoms with van der Waals surface area (Å²) in [7, 11) is 0. The lowest BCUT2D eigenvalue weighted by atomic mass is 10.00. The lowest BCUT2D eigenvalue weighted by Gasteiger charge is -2.19. The Bertz CT molecular complexity index is 855. The zero-order chi connectivity index (χ0) is 18.2. The molecule has 0 spiro atoms. The van der Waals surface area contributed by atoms with Crippen molar-refractivity contribution in [2.24, 2.45) is 0 Å². The van der Waals surface area contributed by atoms with Gasteiger partial charge in [0.2, 0.25) is 5.91 Å². The molecule has 0 unspecified atom stereocenters. The van der Waals surface area contributed by atoms with E-state index in [4.69, 9.17) is 0 Å². The van der Waals surface area contributed by atoms with Crippen LogP contribution >= 0.6 is 0 Å². The highest BCUT2D eigenvalue weighted by atomic mass is 16.2. The first kappa shape index (κ1) is 17.0. The normalized spacial score (nSPS) is 17.5. The van der Waals surface area contributed by atoms with Crippen molar-refractivity contribution in [1.82, 2.24) is 15.5 Å². The van der Waals surface area contributed by atoms with Crippen LogP contribution in [0.25, 0.3) is 10.8 Å². The number of fused-ring (bicyclic) bond motifs is 1. The molecular weight excluding hydrogens is 318 g/mol. The summed E-state index contributed by atoms with van der Waals surface area (Å²) in [6, 6.07) is 13.1. The first-order chi connectivity index (χ1) is 11.8. The number of imide groups is 1. The van der Waals surface area contributed by atoms with Crippen molar-refractivity contribution in [3.05, 3.63) is 48.0 Å². The van der Waals surface area contributed by atoms with E-state index in [9.17, 15) is 14.4 Å². The number of carbonyl (C=O) groups is 3. The molecule has 1 aliphatic rings. The molecule has 0 aromatic heterocycles. The van der Waals surface area contributed by atoms with E-state index in [1.807, 2.05) is 49.4 Å². The number of rotatable bonds is 4. The number of nitrogens with zero attached hydrogens (tertiary/aromatic N) is 1. The van der Waals surface area contributed by atoms with Gasteiger partial charge in [0.15, 0.2) is 0 Å². The zero-order valence-corrected chi connectivity index (χ0v) is 14.5. The van der Waals surface area contributed by atoms with Gasteiger partial charge in [-0.15, -0.1) is 0 Å². The van der Waals surface area contributed by atoms with Gasteiger partial charge in [-0.2, -0.15) is 0 Å². The molecule has 1 aliphatic heterocycles. The number of hydrogen-bond donors (Lipinski definition) is 2. The van der Waals surface area contributed by atoms with Crippen molar-refractivity contribution in [3.63, 3.8) is 0 Å². The molecule has 3 rings (SSSR count). The van der Waals surface area contributed by atoms with Gasteiger partial charge in [-0.1, -0.05) is 42.5 Å². The second-order valence-corrected chi connectivity index (χ2v) is 6.80. The summed E-state index contributed by atoms with van der Waals surface area (Å²) in [4.78, 5) is 37.3. The second kappa shape index (κ2) is 6.20. The molecule has 1 atom stereocenters. The SMILES string of the molecule is C[C@H](NC(=O)CN1C(=O)NC(C)(C)C1=O)c1cccc2ccccc12. The molecule has 25 heavy (non-hydrogen) atoms. The van der Waals surface area contributed by atoms with E-state index in [0.717, 1.165) is 21.2 Å². The van der Waals surface area contributed by atoms with E-state index in [2.05, 4.69) is 10.6 Å². The van der Waals surface area contributed by atoms with Gasteiger partial charge in [0.05, 0.1) is 6.04 Å². The van der Waals surface area contributed by atoms with E-state index in [1.54, 1.807) is 13.8 Å². The Balaban J connectivity index is 1.73. The van der Waals surface area contributed by atoms with Gasteiger partial charge in [0.25, 0.3) is 5.91 Å². The molecule has 2 aromatic rings. The molecule has 4 amide bonds. The van der Waals surface area contributed by atoms with Crippen LogP contribution in [-0.4, -0.2) is 34.8 Å². The zero-order valence-electron chi connectivity index (χ0n) is 14.5. The molecule has 130 valence electrons. The average Bonchev–Trinajstić information content (AvgIpc) is 2.76. The molecular formula is C19H21N3O3. The minimum Gasteiger partial charge on any atom is -0.348 e. The van der Waals surface area contributed by atoms with Crippen LogP contribution in [0.15, 0.2) is 42.5 Å². The molecule has 0 radical (unpaired) electrons. The molecule has 0 saturated carbocycles. The first-order valence-electron chi connectivity index (χ1n) is 8.21. The number of nitrogens with one attached hydrogen (secondary N) is 2. The predicted octanol–water partition coefficient (Wildman–Crippen LogP) is 2.35. The molecule has 0 bridgehead atoms. The summed E-state index contributed by atoms with van der Waals surface area (Å²) in [5.41, 5.74) is 0.0162. The van der Waals surface area contributed by atoms with Crippen molar-refractivity contribution < 1.29 is 14.4 Å². The van der Waals surface area contributed by atoms with Gasteiger partial charge in [-0.25, -0.2) is 4.79 Å². The van der Waals surface area contributed by atoms with Crippen LogP contribution in [0.2, 0.25) is 0 Å². The molecule has 6 nitrogen and oxygen atoms in total. The van der Waals surface area contributed by atoms with Crippen LogP contribution < -0.4 is 10.6 Å². The number of urea groups is 1. The van der Waals surface area contributed by atoms with E-state index in [-0.39, 0.29) is 18.5 Å². The summed E-state index contributed by atoms with van der Waals surface area (Å²) in [6.07, 6.45) is 0. The number of amides is 4. The lowest BCUT2D eigenvalue weighted by molar-refractivity contribution is -0.134. The molecule has 2 aromatic carbocycles. The average molecular weight is 339 g/mol. The maximum Gasteiger partial charge on any atom is 0.325 e. The van der Waals surface area contributed by atoms with Gasteiger partial charge >= 0.3 is 6.03 Å². The fourth-order valence-electron chi connectivity index (χ4n) is 3.10. The van der Waals surface area contributed by atoms with Crippen LogP contribution in [0.5, 0.6) is 0 Å². The van der Waals surface area contributed by atoms with Gasteiger partial charge in [-0.05, 0) is 37.1 Å². The van der Waals surface area contributed by atoms with E-state index in [0.29, 0.717) is 0 Å². The molecule has 1 saturated heterocycles. The van der Waals surface area contributed by atoms with Crippen molar-refractivity contribution in [3.8, 4) is 0 Å². The van der Waals surface area contributed by atoms with Crippen LogP contribution in [0.4, 0.5) is 4.79 Å². The van der Waals surface area contributed by atoms with Crippen LogP contribution in [0.1, 0.15) is 32.4 Å². The van der Waals surface area contributed by atoms with Crippen molar-refractivity contribution in [2.45, 2.75) is 32.4 Å². The summed E-state index contributed by atoms with van der Waals surface area (Å²) in [5.74, 6) is -0.771. The van der Waals surface area contributed by atoms with Gasteiger partial charge in [0, 0.05) is 0 Å². The molecule has 6 heteroatoms. The Kier molecular flexibility index (Phi) is 4.20. The number of carbonyl (C=O) groups excluding carboxylic acids is 3. The maximum atomic E-state index is 12.3. The highest BCUT2D eigenvalue weighted by Crippen LogP contribution is 2.24. The highest BCUT2D eigenvalue weighted by Gasteiger charge is 2.44. The summed E-state index contributed by atoms with van der Waals surface area (Å²) in [6.45, 7) is 4.83. The predicted molar refractivity (Wildman–Crippen MR) is 94.8 cm³/mol. The molecule has 1 fully saturated rings.